The van der Waals surface area contributed by atoms with Crippen molar-refractivity contribution in [3.63, 3.8) is 0 Å². The van der Waals surface area contributed by atoms with Crippen LogP contribution in [0.1, 0.15) is 46.9 Å². The molecular weight excluding hydrogens is 323 g/mol. The summed E-state index contributed by atoms with van der Waals surface area (Å²) in [5.41, 5.74) is 2.43. The van der Waals surface area contributed by atoms with Gasteiger partial charge in [0.05, 0.1) is 26.8 Å². The SMILES string of the molecule is CCNC1CCCc2sc(Cc3ccc(Cl)c(Cl)c3)nc21. The summed E-state index contributed by atoms with van der Waals surface area (Å²) in [6, 6.07) is 6.24. The maximum atomic E-state index is 6.09. The zero-order valence-electron chi connectivity index (χ0n) is 12.0. The summed E-state index contributed by atoms with van der Waals surface area (Å²) in [7, 11) is 0. The number of hydrogen-bond acceptors (Lipinski definition) is 3. The summed E-state index contributed by atoms with van der Waals surface area (Å²) in [6.45, 7) is 3.14. The first kappa shape index (κ1) is 15.3. The molecule has 0 saturated carbocycles. The highest BCUT2D eigenvalue weighted by Crippen LogP contribution is 2.34. The van der Waals surface area contributed by atoms with E-state index in [4.69, 9.17) is 28.2 Å². The number of hydrogen-bond donors (Lipinski definition) is 1. The van der Waals surface area contributed by atoms with Gasteiger partial charge in [-0.1, -0.05) is 36.2 Å². The molecule has 0 aliphatic heterocycles. The fraction of sp³-hybridized carbons (Fsp3) is 0.438. The second kappa shape index (κ2) is 6.66. The van der Waals surface area contributed by atoms with Crippen molar-refractivity contribution >= 4 is 34.5 Å². The first-order valence-electron chi connectivity index (χ1n) is 7.33. The standard InChI is InChI=1S/C16H18Cl2N2S/c1-2-19-13-4-3-5-14-16(13)20-15(21-14)9-10-6-7-11(17)12(18)8-10/h6-8,13,19H,2-5,9H2,1H3. The van der Waals surface area contributed by atoms with Crippen LogP contribution in [0.15, 0.2) is 18.2 Å². The molecule has 0 spiro atoms. The van der Waals surface area contributed by atoms with E-state index in [-0.39, 0.29) is 0 Å². The number of nitrogens with zero attached hydrogens (tertiary/aromatic N) is 1. The molecule has 1 heterocycles. The molecule has 0 radical (unpaired) electrons. The van der Waals surface area contributed by atoms with Gasteiger partial charge in [0.25, 0.3) is 0 Å². The smallest absolute Gasteiger partial charge is 0.0975 e. The van der Waals surface area contributed by atoms with E-state index in [2.05, 4.69) is 12.2 Å². The van der Waals surface area contributed by atoms with Crippen molar-refractivity contribution < 1.29 is 0 Å². The molecule has 2 aromatic rings. The molecule has 1 aromatic carbocycles. The molecule has 112 valence electrons. The Morgan fingerprint density at radius 1 is 1.33 bits per heavy atom. The molecule has 1 aromatic heterocycles. The van der Waals surface area contributed by atoms with Crippen LogP contribution in [0.25, 0.3) is 0 Å². The molecule has 0 amide bonds. The topological polar surface area (TPSA) is 24.9 Å². The second-order valence-corrected chi connectivity index (χ2v) is 7.33. The summed E-state index contributed by atoms with van der Waals surface area (Å²) in [4.78, 5) is 6.32. The molecule has 0 fully saturated rings. The van der Waals surface area contributed by atoms with Crippen molar-refractivity contribution in [2.24, 2.45) is 0 Å². The Labute approximate surface area is 139 Å². The van der Waals surface area contributed by atoms with E-state index in [0.29, 0.717) is 16.1 Å². The van der Waals surface area contributed by atoms with Crippen LogP contribution in [-0.4, -0.2) is 11.5 Å². The molecular formula is C16H18Cl2N2S. The van der Waals surface area contributed by atoms with Gasteiger partial charge in [-0.15, -0.1) is 11.3 Å². The zero-order chi connectivity index (χ0) is 14.8. The van der Waals surface area contributed by atoms with Gasteiger partial charge >= 0.3 is 0 Å². The number of thiazole rings is 1. The van der Waals surface area contributed by atoms with Gasteiger partial charge in [-0.05, 0) is 43.5 Å². The monoisotopic (exact) mass is 340 g/mol. The molecule has 21 heavy (non-hydrogen) atoms. The van der Waals surface area contributed by atoms with Crippen LogP contribution in [0.2, 0.25) is 10.0 Å². The molecule has 2 nitrogen and oxygen atoms in total. The van der Waals surface area contributed by atoms with Gasteiger partial charge in [0.1, 0.15) is 0 Å². The Hall–Kier alpha value is -0.610. The summed E-state index contributed by atoms with van der Waals surface area (Å²) in [5.74, 6) is 0. The predicted molar refractivity (Wildman–Crippen MR) is 90.7 cm³/mol. The Morgan fingerprint density at radius 2 is 2.19 bits per heavy atom. The summed E-state index contributed by atoms with van der Waals surface area (Å²) >= 11 is 13.9. The Balaban J connectivity index is 1.82. The number of aromatic nitrogens is 1. The maximum absolute atomic E-state index is 6.09. The van der Waals surface area contributed by atoms with Crippen LogP contribution in [0.4, 0.5) is 0 Å². The first-order chi connectivity index (χ1) is 10.2. The number of rotatable bonds is 4. The van der Waals surface area contributed by atoms with E-state index in [1.165, 1.54) is 28.4 Å². The summed E-state index contributed by atoms with van der Waals surface area (Å²) < 4.78 is 0. The minimum absolute atomic E-state index is 0.428. The number of nitrogens with one attached hydrogen (secondary N) is 1. The molecule has 5 heteroatoms. The molecule has 1 N–H and O–H groups in total. The average molecular weight is 341 g/mol. The summed E-state index contributed by atoms with van der Waals surface area (Å²) in [6.07, 6.45) is 4.43. The lowest BCUT2D eigenvalue weighted by Gasteiger charge is -2.21. The van der Waals surface area contributed by atoms with Crippen LogP contribution >= 0.6 is 34.5 Å². The quantitative estimate of drug-likeness (QED) is 0.844. The third-order valence-corrected chi connectivity index (χ3v) is 5.66. The minimum atomic E-state index is 0.428. The van der Waals surface area contributed by atoms with E-state index in [1.807, 2.05) is 29.5 Å². The van der Waals surface area contributed by atoms with Gasteiger partial charge in [-0.25, -0.2) is 4.98 Å². The van der Waals surface area contributed by atoms with Crippen molar-refractivity contribution in [2.45, 2.75) is 38.6 Å². The van der Waals surface area contributed by atoms with Crippen molar-refractivity contribution in [3.8, 4) is 0 Å². The predicted octanol–water partition coefficient (Wildman–Crippen LogP) is 5.03. The Bertz CT molecular complexity index is 639. The van der Waals surface area contributed by atoms with Gasteiger partial charge in [0.2, 0.25) is 0 Å². The van der Waals surface area contributed by atoms with Gasteiger partial charge < -0.3 is 5.32 Å². The van der Waals surface area contributed by atoms with Crippen LogP contribution in [0, 0.1) is 0 Å². The van der Waals surface area contributed by atoms with Gasteiger partial charge in [0, 0.05) is 11.3 Å². The fourth-order valence-electron chi connectivity index (χ4n) is 2.81. The molecule has 1 unspecified atom stereocenters. The van der Waals surface area contributed by atoms with Crippen LogP contribution in [0.5, 0.6) is 0 Å². The lowest BCUT2D eigenvalue weighted by Crippen LogP contribution is -2.24. The van der Waals surface area contributed by atoms with E-state index >= 15 is 0 Å². The Morgan fingerprint density at radius 3 is 2.95 bits per heavy atom. The average Bonchev–Trinajstić information content (AvgIpc) is 2.87. The van der Waals surface area contributed by atoms with Crippen molar-refractivity contribution in [3.05, 3.63) is 49.4 Å². The van der Waals surface area contributed by atoms with E-state index in [9.17, 15) is 0 Å². The van der Waals surface area contributed by atoms with Crippen LogP contribution in [-0.2, 0) is 12.8 Å². The van der Waals surface area contributed by atoms with E-state index in [1.54, 1.807) is 0 Å². The largest absolute Gasteiger partial charge is 0.309 e. The van der Waals surface area contributed by atoms with Gasteiger partial charge in [-0.2, -0.15) is 0 Å². The molecule has 3 rings (SSSR count). The van der Waals surface area contributed by atoms with Gasteiger partial charge in [-0.3, -0.25) is 0 Å². The fourth-order valence-corrected chi connectivity index (χ4v) is 4.34. The molecule has 1 aliphatic rings. The number of benzene rings is 1. The highest BCUT2D eigenvalue weighted by Gasteiger charge is 2.23. The third kappa shape index (κ3) is 3.42. The molecule has 1 atom stereocenters. The lowest BCUT2D eigenvalue weighted by molar-refractivity contribution is 0.465. The zero-order valence-corrected chi connectivity index (χ0v) is 14.3. The normalized spacial score (nSPS) is 17.8. The van der Waals surface area contributed by atoms with Gasteiger partial charge in [0.15, 0.2) is 0 Å². The number of fused-ring (bicyclic) bond motifs is 1. The van der Waals surface area contributed by atoms with Crippen LogP contribution in [0.3, 0.4) is 0 Å². The highest BCUT2D eigenvalue weighted by atomic mass is 35.5. The lowest BCUT2D eigenvalue weighted by atomic mass is 9.98. The van der Waals surface area contributed by atoms with E-state index < -0.39 is 0 Å². The molecule has 0 saturated heterocycles. The van der Waals surface area contributed by atoms with Crippen LogP contribution < -0.4 is 5.32 Å². The van der Waals surface area contributed by atoms with Crippen molar-refractivity contribution in [2.75, 3.05) is 6.54 Å². The Kier molecular flexibility index (Phi) is 4.85. The third-order valence-electron chi connectivity index (χ3n) is 3.79. The molecule has 0 bridgehead atoms. The minimum Gasteiger partial charge on any atom is -0.309 e. The van der Waals surface area contributed by atoms with E-state index in [0.717, 1.165) is 24.9 Å². The second-order valence-electron chi connectivity index (χ2n) is 5.34. The maximum Gasteiger partial charge on any atom is 0.0975 e. The highest BCUT2D eigenvalue weighted by molar-refractivity contribution is 7.11. The van der Waals surface area contributed by atoms with Crippen molar-refractivity contribution in [1.29, 1.82) is 0 Å². The number of aryl methyl sites for hydroxylation is 1. The number of halogens is 2. The molecule has 1 aliphatic carbocycles. The summed E-state index contributed by atoms with van der Waals surface area (Å²) in [5, 5.41) is 5.92. The first-order valence-corrected chi connectivity index (χ1v) is 8.90. The van der Waals surface area contributed by atoms with Crippen molar-refractivity contribution in [1.82, 2.24) is 10.3 Å².